The lowest BCUT2D eigenvalue weighted by Crippen LogP contribution is -2.27. The summed E-state index contributed by atoms with van der Waals surface area (Å²) in [7, 11) is -1.74. The first-order valence-corrected chi connectivity index (χ1v) is 13.0. The quantitative estimate of drug-likeness (QED) is 0.361. The van der Waals surface area contributed by atoms with Crippen LogP contribution >= 0.6 is 0 Å². The van der Waals surface area contributed by atoms with Crippen LogP contribution in [-0.2, 0) is 4.43 Å². The van der Waals surface area contributed by atoms with Crippen molar-refractivity contribution < 1.29 is 9.53 Å². The topological polar surface area (TPSA) is 29.5 Å². The molecule has 2 fully saturated rings. The molecule has 3 heteroatoms. The molecular formula is C19H36O2Si. The van der Waals surface area contributed by atoms with Crippen LogP contribution in [0.15, 0.2) is 11.5 Å². The highest BCUT2D eigenvalue weighted by Crippen LogP contribution is 2.40. The molecule has 2 aliphatic carbocycles. The van der Waals surface area contributed by atoms with Crippen molar-refractivity contribution in [3.05, 3.63) is 11.5 Å². The molecule has 22 heavy (non-hydrogen) atoms. The molecule has 2 nitrogen and oxygen atoms in total. The predicted octanol–water partition coefficient (Wildman–Crippen LogP) is 6.55. The Kier molecular flexibility index (Phi) is 6.85. The summed E-state index contributed by atoms with van der Waals surface area (Å²) in [6, 6.07) is 0. The number of rotatable bonds is 4. The average molecular weight is 325 g/mol. The molecule has 1 N–H and O–H groups in total. The Hall–Kier alpha value is -0.443. The van der Waals surface area contributed by atoms with Crippen molar-refractivity contribution in [2.24, 2.45) is 11.8 Å². The maximum absolute atomic E-state index is 10.8. The molecular weight excluding hydrogens is 288 g/mol. The summed E-state index contributed by atoms with van der Waals surface area (Å²) < 4.78 is 6.06. The van der Waals surface area contributed by atoms with E-state index in [-0.39, 0.29) is 0 Å². The van der Waals surface area contributed by atoms with Gasteiger partial charge in [0.2, 0.25) is 8.32 Å². The Morgan fingerprint density at radius 3 is 1.41 bits per heavy atom. The summed E-state index contributed by atoms with van der Waals surface area (Å²) in [6.07, 6.45) is 15.8. The first kappa shape index (κ1) is 17.9. The Labute approximate surface area is 138 Å². The third-order valence-corrected chi connectivity index (χ3v) is 6.05. The normalized spacial score (nSPS) is 22.7. The van der Waals surface area contributed by atoms with E-state index < -0.39 is 8.32 Å². The second-order valence-electron chi connectivity index (χ2n) is 8.35. The van der Waals surface area contributed by atoms with Crippen LogP contribution in [-0.4, -0.2) is 13.4 Å². The van der Waals surface area contributed by atoms with E-state index in [4.69, 9.17) is 4.43 Å². The Bertz CT molecular complexity index is 332. The number of allylic oxidation sites excluding steroid dienone is 1. The van der Waals surface area contributed by atoms with Crippen molar-refractivity contribution in [1.82, 2.24) is 0 Å². The van der Waals surface area contributed by atoms with Gasteiger partial charge in [0, 0.05) is 5.57 Å². The Balaban J connectivity index is 2.23. The lowest BCUT2D eigenvalue weighted by atomic mass is 9.80. The molecule has 0 aromatic carbocycles. The van der Waals surface area contributed by atoms with Crippen LogP contribution in [0.4, 0.5) is 0 Å². The number of aliphatic hydroxyl groups is 1. The van der Waals surface area contributed by atoms with Gasteiger partial charge in [0.1, 0.15) is 0 Å². The summed E-state index contributed by atoms with van der Waals surface area (Å²) >= 11 is 0. The van der Waals surface area contributed by atoms with Crippen LogP contribution in [0, 0.1) is 11.8 Å². The molecule has 0 aromatic rings. The van der Waals surface area contributed by atoms with Crippen molar-refractivity contribution in [1.29, 1.82) is 0 Å². The van der Waals surface area contributed by atoms with Crippen LogP contribution < -0.4 is 0 Å². The molecule has 2 aliphatic rings. The van der Waals surface area contributed by atoms with Crippen LogP contribution in [0.25, 0.3) is 0 Å². The smallest absolute Gasteiger partial charge is 0.262 e. The van der Waals surface area contributed by atoms with E-state index in [2.05, 4.69) is 19.6 Å². The number of aliphatic hydroxyl groups excluding tert-OH is 1. The Morgan fingerprint density at radius 1 is 0.727 bits per heavy atom. The summed E-state index contributed by atoms with van der Waals surface area (Å²) in [4.78, 5) is 0. The molecule has 0 aromatic heterocycles. The lowest BCUT2D eigenvalue weighted by molar-refractivity contribution is 0.180. The van der Waals surface area contributed by atoms with Crippen molar-refractivity contribution in [3.63, 3.8) is 0 Å². The first-order valence-electron chi connectivity index (χ1n) is 9.59. The third-order valence-electron chi connectivity index (χ3n) is 5.24. The maximum atomic E-state index is 10.8. The molecule has 2 rings (SSSR count). The summed E-state index contributed by atoms with van der Waals surface area (Å²) in [5.74, 6) is 1.47. The van der Waals surface area contributed by atoms with Crippen LogP contribution in [0.5, 0.6) is 0 Å². The van der Waals surface area contributed by atoms with Gasteiger partial charge in [0.25, 0.3) is 5.95 Å². The van der Waals surface area contributed by atoms with Crippen molar-refractivity contribution in [3.8, 4) is 0 Å². The molecule has 128 valence electrons. The van der Waals surface area contributed by atoms with E-state index in [1.54, 1.807) is 0 Å². The average Bonchev–Trinajstić information content (AvgIpc) is 2.82. The molecule has 0 unspecified atom stereocenters. The van der Waals surface area contributed by atoms with Gasteiger partial charge in [-0.25, -0.2) is 0 Å². The van der Waals surface area contributed by atoms with Crippen LogP contribution in [0.1, 0.15) is 77.0 Å². The molecule has 0 bridgehead atoms. The minimum absolute atomic E-state index is 0.331. The fourth-order valence-electron chi connectivity index (χ4n) is 4.21. The summed E-state index contributed by atoms with van der Waals surface area (Å²) in [5, 5.41) is 10.8. The standard InChI is InChI=1S/C19H36O2Si/c1-22(2,3)21-19(20)18(16-12-8-4-5-9-13-16)17-14-10-6-7-11-15-17/h16-17,20H,4-15H2,1-3H3. The highest BCUT2D eigenvalue weighted by molar-refractivity contribution is 6.70. The number of hydrogen-bond donors (Lipinski definition) is 1. The summed E-state index contributed by atoms with van der Waals surface area (Å²) in [6.45, 7) is 6.50. The fraction of sp³-hybridized carbons (Fsp3) is 0.895. The number of hydrogen-bond acceptors (Lipinski definition) is 2. The van der Waals surface area contributed by atoms with Crippen molar-refractivity contribution >= 4 is 8.32 Å². The molecule has 0 heterocycles. The van der Waals surface area contributed by atoms with Gasteiger partial charge < -0.3 is 9.53 Å². The van der Waals surface area contributed by atoms with Gasteiger partial charge in [0.05, 0.1) is 0 Å². The van der Waals surface area contributed by atoms with Gasteiger partial charge in [-0.05, 0) is 57.2 Å². The minimum Gasteiger partial charge on any atom is -0.520 e. The second-order valence-corrected chi connectivity index (χ2v) is 12.8. The van der Waals surface area contributed by atoms with Gasteiger partial charge >= 0.3 is 0 Å². The molecule has 0 radical (unpaired) electrons. The lowest BCUT2D eigenvalue weighted by Gasteiger charge is -2.29. The molecule has 0 amide bonds. The molecule has 2 saturated carbocycles. The van der Waals surface area contributed by atoms with E-state index in [0.29, 0.717) is 17.8 Å². The van der Waals surface area contributed by atoms with E-state index >= 15 is 0 Å². The zero-order valence-electron chi connectivity index (χ0n) is 15.0. The molecule has 0 saturated heterocycles. The summed E-state index contributed by atoms with van der Waals surface area (Å²) in [5.41, 5.74) is 1.31. The highest BCUT2D eigenvalue weighted by Gasteiger charge is 2.30. The first-order chi connectivity index (χ1) is 10.5. The van der Waals surface area contributed by atoms with Gasteiger partial charge in [-0.2, -0.15) is 0 Å². The second kappa shape index (κ2) is 8.42. The van der Waals surface area contributed by atoms with Crippen LogP contribution in [0.3, 0.4) is 0 Å². The maximum Gasteiger partial charge on any atom is 0.262 e. The molecule has 0 atom stereocenters. The van der Waals surface area contributed by atoms with Gasteiger partial charge in [0.15, 0.2) is 0 Å². The van der Waals surface area contributed by atoms with E-state index in [1.165, 1.54) is 82.6 Å². The van der Waals surface area contributed by atoms with Crippen LogP contribution in [0.2, 0.25) is 19.6 Å². The minimum atomic E-state index is -1.74. The zero-order chi connectivity index (χ0) is 16.0. The molecule has 0 aliphatic heterocycles. The van der Waals surface area contributed by atoms with E-state index in [1.807, 2.05) is 0 Å². The SMILES string of the molecule is C[Si](C)(C)OC(O)=C(C1CCCCCC1)C1CCCCCC1. The van der Waals surface area contributed by atoms with E-state index in [9.17, 15) is 5.11 Å². The highest BCUT2D eigenvalue weighted by atomic mass is 28.4. The van der Waals surface area contributed by atoms with Gasteiger partial charge in [-0.1, -0.05) is 51.4 Å². The third kappa shape index (κ3) is 5.64. The monoisotopic (exact) mass is 324 g/mol. The van der Waals surface area contributed by atoms with Gasteiger partial charge in [-0.3, -0.25) is 0 Å². The fourth-order valence-corrected chi connectivity index (χ4v) is 4.91. The van der Waals surface area contributed by atoms with Crippen molar-refractivity contribution in [2.45, 2.75) is 96.7 Å². The Morgan fingerprint density at radius 2 is 1.09 bits per heavy atom. The zero-order valence-corrected chi connectivity index (χ0v) is 16.0. The molecule has 0 spiro atoms. The van der Waals surface area contributed by atoms with Gasteiger partial charge in [-0.15, -0.1) is 0 Å². The van der Waals surface area contributed by atoms with Crippen molar-refractivity contribution in [2.75, 3.05) is 0 Å². The predicted molar refractivity (Wildman–Crippen MR) is 96.5 cm³/mol. The largest absolute Gasteiger partial charge is 0.520 e. The van der Waals surface area contributed by atoms with E-state index in [0.717, 1.165) is 0 Å².